The zero-order chi connectivity index (χ0) is 14.9. The van der Waals surface area contributed by atoms with E-state index in [1.54, 1.807) is 6.92 Å². The zero-order valence-electron chi connectivity index (χ0n) is 10.1. The number of nitrogens with zero attached hydrogens (tertiary/aromatic N) is 1. The Morgan fingerprint density at radius 2 is 1.95 bits per heavy atom. The van der Waals surface area contributed by atoms with Crippen molar-refractivity contribution in [2.45, 2.75) is 11.8 Å². The average molecular weight is 363 g/mol. The largest absolute Gasteiger partial charge is 0.349 e. The molecule has 9 heteroatoms. The van der Waals surface area contributed by atoms with Gasteiger partial charge in [0.05, 0.1) is 15.1 Å². The second-order valence-electron chi connectivity index (χ2n) is 3.80. The van der Waals surface area contributed by atoms with E-state index in [0.29, 0.717) is 5.69 Å². The number of amides is 1. The number of benzene rings is 1. The molecular weight excluding hydrogens is 355 g/mol. The van der Waals surface area contributed by atoms with E-state index in [1.807, 2.05) is 4.72 Å². The Balaban J connectivity index is 2.27. The van der Waals surface area contributed by atoms with Crippen LogP contribution >= 0.6 is 15.9 Å². The van der Waals surface area contributed by atoms with E-state index in [2.05, 4.69) is 21.1 Å². The number of hydrogen-bond donors (Lipinski definition) is 1. The SMILES string of the molecule is Cc1noc(C(=O)NS(=O)(=O)c2ccc(F)cc2)c1Br. The summed E-state index contributed by atoms with van der Waals surface area (Å²) in [6.45, 7) is 1.58. The molecule has 0 unspecified atom stereocenters. The van der Waals surface area contributed by atoms with Crippen LogP contribution in [0.15, 0.2) is 38.2 Å². The van der Waals surface area contributed by atoms with Gasteiger partial charge in [0.25, 0.3) is 10.0 Å². The predicted octanol–water partition coefficient (Wildman–Crippen LogP) is 2.00. The summed E-state index contributed by atoms with van der Waals surface area (Å²) in [6, 6.07) is 4.05. The first-order valence-corrected chi connectivity index (χ1v) is 7.53. The number of nitrogens with one attached hydrogen (secondary N) is 1. The second-order valence-corrected chi connectivity index (χ2v) is 6.28. The highest BCUT2D eigenvalue weighted by Crippen LogP contribution is 2.21. The summed E-state index contributed by atoms with van der Waals surface area (Å²) in [5.74, 6) is -1.81. The van der Waals surface area contributed by atoms with E-state index < -0.39 is 21.7 Å². The molecule has 1 amide bonds. The van der Waals surface area contributed by atoms with E-state index in [4.69, 9.17) is 4.52 Å². The monoisotopic (exact) mass is 362 g/mol. The lowest BCUT2D eigenvalue weighted by molar-refractivity contribution is 0.0944. The summed E-state index contributed by atoms with van der Waals surface area (Å²) in [5, 5.41) is 3.52. The van der Waals surface area contributed by atoms with E-state index >= 15 is 0 Å². The van der Waals surface area contributed by atoms with Crippen LogP contribution in [0.4, 0.5) is 4.39 Å². The maximum Gasteiger partial charge on any atom is 0.304 e. The van der Waals surface area contributed by atoms with Gasteiger partial charge < -0.3 is 4.52 Å². The summed E-state index contributed by atoms with van der Waals surface area (Å²) in [7, 11) is -4.11. The molecule has 1 aromatic carbocycles. The Bertz CT molecular complexity index is 755. The summed E-state index contributed by atoms with van der Waals surface area (Å²) in [5.41, 5.74) is 0.411. The van der Waals surface area contributed by atoms with E-state index in [1.165, 1.54) is 0 Å². The standard InChI is InChI=1S/C11H8BrFN2O4S/c1-6-9(12)10(19-14-6)11(16)15-20(17,18)8-4-2-7(13)3-5-8/h2-5H,1H3,(H,15,16). The van der Waals surface area contributed by atoms with Gasteiger partial charge in [-0.25, -0.2) is 17.5 Å². The number of aromatic nitrogens is 1. The van der Waals surface area contributed by atoms with Crippen molar-refractivity contribution < 1.29 is 22.1 Å². The molecule has 0 spiro atoms. The summed E-state index contributed by atoms with van der Waals surface area (Å²) in [6.07, 6.45) is 0. The molecule has 2 aromatic rings. The molecule has 6 nitrogen and oxygen atoms in total. The molecule has 20 heavy (non-hydrogen) atoms. The van der Waals surface area contributed by atoms with Crippen molar-refractivity contribution in [2.24, 2.45) is 0 Å². The van der Waals surface area contributed by atoms with E-state index in [9.17, 15) is 17.6 Å². The Labute approximate surface area is 122 Å². The first kappa shape index (κ1) is 14.7. The molecule has 0 radical (unpaired) electrons. The minimum absolute atomic E-state index is 0.236. The fourth-order valence-corrected chi connectivity index (χ4v) is 2.61. The van der Waals surface area contributed by atoms with Crippen LogP contribution in [0.25, 0.3) is 0 Å². The zero-order valence-corrected chi connectivity index (χ0v) is 12.5. The minimum Gasteiger partial charge on any atom is -0.349 e. The smallest absolute Gasteiger partial charge is 0.304 e. The van der Waals surface area contributed by atoms with Gasteiger partial charge in [-0.1, -0.05) is 5.16 Å². The Kier molecular flexibility index (Phi) is 3.91. The van der Waals surface area contributed by atoms with Crippen molar-refractivity contribution in [1.29, 1.82) is 0 Å². The number of hydrogen-bond acceptors (Lipinski definition) is 5. The quantitative estimate of drug-likeness (QED) is 0.901. The van der Waals surface area contributed by atoms with Crippen LogP contribution in [0.2, 0.25) is 0 Å². The highest BCUT2D eigenvalue weighted by atomic mass is 79.9. The second kappa shape index (κ2) is 5.33. The lowest BCUT2D eigenvalue weighted by atomic mass is 10.4. The minimum atomic E-state index is -4.11. The normalized spacial score (nSPS) is 11.3. The van der Waals surface area contributed by atoms with Gasteiger partial charge in [-0.3, -0.25) is 4.79 Å². The third-order valence-corrected chi connectivity index (χ3v) is 4.63. The Morgan fingerprint density at radius 1 is 1.35 bits per heavy atom. The van der Waals surface area contributed by atoms with Crippen LogP contribution in [0.1, 0.15) is 16.2 Å². The first-order valence-electron chi connectivity index (χ1n) is 5.26. The number of carbonyl (C=O) groups is 1. The molecule has 0 aliphatic heterocycles. The third kappa shape index (κ3) is 2.88. The maximum absolute atomic E-state index is 12.7. The highest BCUT2D eigenvalue weighted by Gasteiger charge is 2.24. The summed E-state index contributed by atoms with van der Waals surface area (Å²) in [4.78, 5) is 11.6. The molecule has 0 aliphatic rings. The molecule has 106 valence electrons. The Morgan fingerprint density at radius 3 is 2.45 bits per heavy atom. The van der Waals surface area contributed by atoms with Crippen LogP contribution in [-0.4, -0.2) is 19.5 Å². The number of rotatable bonds is 3. The van der Waals surface area contributed by atoms with Gasteiger partial charge in [0, 0.05) is 0 Å². The van der Waals surface area contributed by atoms with Crippen molar-refractivity contribution in [3.8, 4) is 0 Å². The van der Waals surface area contributed by atoms with Crippen LogP contribution in [0, 0.1) is 12.7 Å². The van der Waals surface area contributed by atoms with E-state index in [-0.39, 0.29) is 15.1 Å². The third-order valence-electron chi connectivity index (χ3n) is 2.35. The molecular formula is C11H8BrFN2O4S. The summed E-state index contributed by atoms with van der Waals surface area (Å²) < 4.78 is 43.4. The predicted molar refractivity (Wildman–Crippen MR) is 70.0 cm³/mol. The molecule has 1 aromatic heterocycles. The van der Waals surface area contributed by atoms with E-state index in [0.717, 1.165) is 24.3 Å². The highest BCUT2D eigenvalue weighted by molar-refractivity contribution is 9.10. The van der Waals surface area contributed by atoms with Gasteiger partial charge in [-0.05, 0) is 47.1 Å². The topological polar surface area (TPSA) is 89.3 Å². The van der Waals surface area contributed by atoms with Gasteiger partial charge in [0.2, 0.25) is 5.76 Å². The van der Waals surface area contributed by atoms with Crippen molar-refractivity contribution in [3.63, 3.8) is 0 Å². The molecule has 0 bridgehead atoms. The lowest BCUT2D eigenvalue weighted by Gasteiger charge is -2.05. The molecule has 1 heterocycles. The van der Waals surface area contributed by atoms with Gasteiger partial charge in [-0.2, -0.15) is 0 Å². The van der Waals surface area contributed by atoms with Crippen molar-refractivity contribution in [1.82, 2.24) is 9.88 Å². The molecule has 0 saturated heterocycles. The molecule has 0 atom stereocenters. The van der Waals surface area contributed by atoms with Crippen LogP contribution < -0.4 is 4.72 Å². The first-order chi connectivity index (χ1) is 9.31. The lowest BCUT2D eigenvalue weighted by Crippen LogP contribution is -2.30. The molecule has 1 N–H and O–H groups in total. The van der Waals surface area contributed by atoms with Crippen LogP contribution in [0.3, 0.4) is 0 Å². The van der Waals surface area contributed by atoms with Gasteiger partial charge >= 0.3 is 5.91 Å². The molecule has 0 fully saturated rings. The molecule has 2 rings (SSSR count). The van der Waals surface area contributed by atoms with Gasteiger partial charge in [-0.15, -0.1) is 0 Å². The van der Waals surface area contributed by atoms with Crippen LogP contribution in [0.5, 0.6) is 0 Å². The van der Waals surface area contributed by atoms with Crippen molar-refractivity contribution in [2.75, 3.05) is 0 Å². The average Bonchev–Trinajstić information content (AvgIpc) is 2.70. The summed E-state index contributed by atoms with van der Waals surface area (Å²) >= 11 is 3.06. The van der Waals surface area contributed by atoms with Crippen LogP contribution in [-0.2, 0) is 10.0 Å². The number of halogens is 2. The maximum atomic E-state index is 12.7. The number of sulfonamides is 1. The molecule has 0 aliphatic carbocycles. The Hall–Kier alpha value is -1.74. The van der Waals surface area contributed by atoms with Gasteiger partial charge in [0.15, 0.2) is 0 Å². The van der Waals surface area contributed by atoms with Gasteiger partial charge in [0.1, 0.15) is 5.82 Å². The fraction of sp³-hybridized carbons (Fsp3) is 0.0909. The number of carbonyl (C=O) groups excluding carboxylic acids is 1. The van der Waals surface area contributed by atoms with Crippen molar-refractivity contribution >= 4 is 31.9 Å². The fourth-order valence-electron chi connectivity index (χ4n) is 1.34. The number of aryl methyl sites for hydroxylation is 1. The van der Waals surface area contributed by atoms with Crippen molar-refractivity contribution in [3.05, 3.63) is 46.0 Å². The molecule has 0 saturated carbocycles.